The molecule has 3 aliphatic rings. The van der Waals surface area contributed by atoms with Crippen molar-refractivity contribution in [2.24, 2.45) is 0 Å². The van der Waals surface area contributed by atoms with E-state index < -0.39 is 12.2 Å². The van der Waals surface area contributed by atoms with Gasteiger partial charge in [-0.2, -0.15) is 0 Å². The number of nitrogens with zero attached hydrogens (tertiary/aromatic N) is 1. The summed E-state index contributed by atoms with van der Waals surface area (Å²) < 4.78 is 5.97. The number of hydrogen-bond donors (Lipinski definition) is 3. The molecule has 0 saturated carbocycles. The maximum Gasteiger partial charge on any atom is 0.260 e. The Balaban J connectivity index is 1.29. The molecule has 2 atom stereocenters. The van der Waals surface area contributed by atoms with Gasteiger partial charge in [-0.15, -0.1) is 0 Å². The second-order valence-electron chi connectivity index (χ2n) is 8.31. The molecular weight excluding hydrogens is 380 g/mol. The average Bonchev–Trinajstić information content (AvgIpc) is 3.29. The first-order valence-corrected chi connectivity index (χ1v) is 10.6. The van der Waals surface area contributed by atoms with Crippen molar-refractivity contribution in [1.82, 2.24) is 4.90 Å². The van der Waals surface area contributed by atoms with Gasteiger partial charge in [0.25, 0.3) is 5.91 Å². The second-order valence-corrected chi connectivity index (χ2v) is 8.31. The molecule has 1 amide bonds. The van der Waals surface area contributed by atoms with Gasteiger partial charge in [0, 0.05) is 35.5 Å². The Morgan fingerprint density at radius 1 is 1.10 bits per heavy atom. The zero-order valence-corrected chi connectivity index (χ0v) is 16.8. The lowest BCUT2D eigenvalue weighted by Crippen LogP contribution is -2.46. The van der Waals surface area contributed by atoms with Crippen LogP contribution in [-0.4, -0.2) is 52.9 Å². The number of aliphatic hydroxyl groups excluding tert-OH is 2. The summed E-state index contributed by atoms with van der Waals surface area (Å²) in [5.41, 5.74) is 5.69. The zero-order valence-electron chi connectivity index (χ0n) is 16.8. The lowest BCUT2D eigenvalue weighted by Gasteiger charge is -2.33. The quantitative estimate of drug-likeness (QED) is 0.680. The molecule has 6 heteroatoms. The van der Waals surface area contributed by atoms with Gasteiger partial charge in [0.1, 0.15) is 12.4 Å². The number of aryl methyl sites for hydroxylation is 1. The Kier molecular flexibility index (Phi) is 5.06. The van der Waals surface area contributed by atoms with Crippen LogP contribution in [0.4, 0.5) is 5.69 Å². The fraction of sp³-hybridized carbons (Fsp3) is 0.375. The number of fused-ring (bicyclic) bond motifs is 2. The van der Waals surface area contributed by atoms with Crippen LogP contribution in [0.5, 0.6) is 0 Å². The molecule has 30 heavy (non-hydrogen) atoms. The summed E-state index contributed by atoms with van der Waals surface area (Å²) >= 11 is 0. The van der Waals surface area contributed by atoms with Crippen LogP contribution >= 0.6 is 0 Å². The van der Waals surface area contributed by atoms with Crippen LogP contribution < -0.4 is 5.32 Å². The van der Waals surface area contributed by atoms with E-state index in [4.69, 9.17) is 4.74 Å². The predicted octanol–water partition coefficient (Wildman–Crippen LogP) is 2.40. The van der Waals surface area contributed by atoms with E-state index in [0.717, 1.165) is 48.3 Å². The highest BCUT2D eigenvalue weighted by molar-refractivity contribution is 6.36. The monoisotopic (exact) mass is 406 g/mol. The molecule has 2 aromatic carbocycles. The zero-order chi connectivity index (χ0) is 20.7. The summed E-state index contributed by atoms with van der Waals surface area (Å²) in [5.74, 6) is 0.553. The number of carbonyl (C=O) groups is 1. The SMILES string of the molecule is O=C1Nc2ccccc2C1=C1OCc2cc(CCCN3CC[C@@H](O)[C@H](O)C3)ccc21. The maximum atomic E-state index is 12.5. The van der Waals surface area contributed by atoms with Gasteiger partial charge in [0.2, 0.25) is 0 Å². The van der Waals surface area contributed by atoms with E-state index >= 15 is 0 Å². The second kappa shape index (κ2) is 7.87. The molecule has 156 valence electrons. The molecule has 1 saturated heterocycles. The third-order valence-corrected chi connectivity index (χ3v) is 6.26. The molecule has 0 radical (unpaired) electrons. The van der Waals surface area contributed by atoms with Crippen molar-refractivity contribution in [3.8, 4) is 0 Å². The number of amides is 1. The van der Waals surface area contributed by atoms with Crippen molar-refractivity contribution in [2.45, 2.75) is 38.1 Å². The summed E-state index contributed by atoms with van der Waals surface area (Å²) in [7, 11) is 0. The Morgan fingerprint density at radius 3 is 2.83 bits per heavy atom. The van der Waals surface area contributed by atoms with Crippen LogP contribution in [0.1, 0.15) is 35.1 Å². The number of benzene rings is 2. The van der Waals surface area contributed by atoms with Gasteiger partial charge in [0.05, 0.1) is 17.8 Å². The Hall–Kier alpha value is -2.67. The number of likely N-dealkylation sites (tertiary alicyclic amines) is 1. The number of para-hydroxylation sites is 1. The number of aliphatic hydroxyl groups is 2. The molecule has 3 aliphatic heterocycles. The minimum atomic E-state index is -0.639. The first-order chi connectivity index (χ1) is 14.6. The summed E-state index contributed by atoms with van der Waals surface area (Å²) in [6.45, 7) is 2.76. The first kappa shape index (κ1) is 19.3. The predicted molar refractivity (Wildman–Crippen MR) is 115 cm³/mol. The van der Waals surface area contributed by atoms with Gasteiger partial charge >= 0.3 is 0 Å². The summed E-state index contributed by atoms with van der Waals surface area (Å²) in [4.78, 5) is 14.8. The van der Waals surface area contributed by atoms with Crippen molar-refractivity contribution in [2.75, 3.05) is 25.0 Å². The number of piperidine rings is 1. The van der Waals surface area contributed by atoms with Gasteiger partial charge in [-0.25, -0.2) is 0 Å². The highest BCUT2D eigenvalue weighted by Crippen LogP contribution is 2.41. The van der Waals surface area contributed by atoms with Crippen LogP contribution in [0.3, 0.4) is 0 Å². The minimum absolute atomic E-state index is 0.114. The topological polar surface area (TPSA) is 82.0 Å². The number of carbonyl (C=O) groups excluding carboxylic acids is 1. The van der Waals surface area contributed by atoms with Crippen molar-refractivity contribution in [3.63, 3.8) is 0 Å². The van der Waals surface area contributed by atoms with Crippen molar-refractivity contribution >= 4 is 22.9 Å². The van der Waals surface area contributed by atoms with E-state index in [2.05, 4.69) is 28.4 Å². The van der Waals surface area contributed by atoms with Crippen LogP contribution in [0, 0.1) is 0 Å². The third kappa shape index (κ3) is 3.51. The van der Waals surface area contributed by atoms with Gasteiger partial charge in [0.15, 0.2) is 0 Å². The van der Waals surface area contributed by atoms with Crippen LogP contribution in [0.15, 0.2) is 42.5 Å². The molecule has 0 aromatic heterocycles. The van der Waals surface area contributed by atoms with Gasteiger partial charge < -0.3 is 25.2 Å². The van der Waals surface area contributed by atoms with Crippen LogP contribution in [0.25, 0.3) is 11.3 Å². The number of nitrogens with one attached hydrogen (secondary N) is 1. The highest BCUT2D eigenvalue weighted by Gasteiger charge is 2.32. The Bertz CT molecular complexity index is 1020. The standard InChI is InChI=1S/C24H26N2O4/c27-20-9-11-26(13-21(20)28)10-3-4-15-7-8-17-16(12-15)14-30-23(17)22-18-5-1-2-6-19(18)25-24(22)29/h1-2,5-8,12,20-21,27-28H,3-4,9-11,13-14H2,(H,25,29)/t20-,21-/m1/s1. The maximum absolute atomic E-state index is 12.5. The van der Waals surface area contributed by atoms with Crippen molar-refractivity contribution in [1.29, 1.82) is 0 Å². The van der Waals surface area contributed by atoms with E-state index in [1.807, 2.05) is 24.3 Å². The summed E-state index contributed by atoms with van der Waals surface area (Å²) in [5, 5.41) is 22.4. The van der Waals surface area contributed by atoms with Crippen molar-refractivity contribution in [3.05, 3.63) is 64.7 Å². The fourth-order valence-corrected chi connectivity index (χ4v) is 4.62. The molecule has 0 aliphatic carbocycles. The molecule has 3 N–H and O–H groups in total. The van der Waals surface area contributed by atoms with E-state index in [1.54, 1.807) is 0 Å². The average molecular weight is 406 g/mol. The number of β-amino-alcohol motifs (C(OH)–C–C–N with tert-alkyl or cyclic N) is 1. The Labute approximate surface area is 175 Å². The minimum Gasteiger partial charge on any atom is -0.487 e. The van der Waals surface area contributed by atoms with Gasteiger partial charge in [-0.05, 0) is 37.4 Å². The molecule has 6 nitrogen and oxygen atoms in total. The van der Waals surface area contributed by atoms with E-state index in [0.29, 0.717) is 30.9 Å². The Morgan fingerprint density at radius 2 is 1.97 bits per heavy atom. The van der Waals surface area contributed by atoms with E-state index in [-0.39, 0.29) is 5.91 Å². The normalized spacial score (nSPS) is 25.6. The molecule has 2 aromatic rings. The molecule has 5 rings (SSSR count). The lowest BCUT2D eigenvalue weighted by molar-refractivity contribution is -0.110. The molecule has 0 bridgehead atoms. The third-order valence-electron chi connectivity index (χ3n) is 6.26. The number of hydrogen-bond acceptors (Lipinski definition) is 5. The number of anilines is 1. The van der Waals surface area contributed by atoms with E-state index in [1.165, 1.54) is 5.56 Å². The summed E-state index contributed by atoms with van der Waals surface area (Å²) in [6, 6.07) is 14.0. The number of rotatable bonds is 4. The molecule has 0 spiro atoms. The highest BCUT2D eigenvalue weighted by atomic mass is 16.5. The molecule has 0 unspecified atom stereocenters. The van der Waals surface area contributed by atoms with Gasteiger partial charge in [-0.3, -0.25) is 4.79 Å². The van der Waals surface area contributed by atoms with E-state index in [9.17, 15) is 15.0 Å². The number of ether oxygens (including phenoxy) is 1. The lowest BCUT2D eigenvalue weighted by atomic mass is 9.98. The molecule has 3 heterocycles. The van der Waals surface area contributed by atoms with Crippen LogP contribution in [0.2, 0.25) is 0 Å². The first-order valence-electron chi connectivity index (χ1n) is 10.6. The largest absolute Gasteiger partial charge is 0.487 e. The summed E-state index contributed by atoms with van der Waals surface area (Å²) in [6.07, 6.45) is 1.34. The van der Waals surface area contributed by atoms with Crippen molar-refractivity contribution < 1.29 is 19.7 Å². The molecular formula is C24H26N2O4. The van der Waals surface area contributed by atoms with Crippen LogP contribution in [-0.2, 0) is 22.6 Å². The van der Waals surface area contributed by atoms with Gasteiger partial charge in [-0.1, -0.05) is 36.4 Å². The molecule has 1 fully saturated rings. The fourth-order valence-electron chi connectivity index (χ4n) is 4.62. The smallest absolute Gasteiger partial charge is 0.260 e.